The van der Waals surface area contributed by atoms with Crippen molar-refractivity contribution in [1.82, 2.24) is 0 Å². The summed E-state index contributed by atoms with van der Waals surface area (Å²) in [7, 11) is 1.26. The molecule has 0 saturated carbocycles. The molecule has 28 heavy (non-hydrogen) atoms. The van der Waals surface area contributed by atoms with E-state index in [1.807, 2.05) is 0 Å². The van der Waals surface area contributed by atoms with Crippen LogP contribution in [0.15, 0.2) is 36.4 Å². The third-order valence-electron chi connectivity index (χ3n) is 3.54. The van der Waals surface area contributed by atoms with Crippen molar-refractivity contribution in [1.29, 1.82) is 0 Å². The van der Waals surface area contributed by atoms with Crippen molar-refractivity contribution >= 4 is 46.7 Å². The molecular weight excluding hydrogens is 409 g/mol. The predicted molar refractivity (Wildman–Crippen MR) is 104 cm³/mol. The number of halogens is 2. The van der Waals surface area contributed by atoms with Crippen LogP contribution in [0.1, 0.15) is 15.9 Å². The van der Waals surface area contributed by atoms with E-state index in [4.69, 9.17) is 32.7 Å². The van der Waals surface area contributed by atoms with Crippen molar-refractivity contribution in [3.63, 3.8) is 0 Å². The summed E-state index contributed by atoms with van der Waals surface area (Å²) in [5.74, 6) is -1.58. The Morgan fingerprint density at radius 1 is 1.04 bits per heavy atom. The van der Waals surface area contributed by atoms with Gasteiger partial charge in [-0.15, -0.1) is 0 Å². The van der Waals surface area contributed by atoms with E-state index in [1.165, 1.54) is 25.3 Å². The highest BCUT2D eigenvalue weighted by Gasteiger charge is 2.13. The van der Waals surface area contributed by atoms with Crippen LogP contribution in [0.5, 0.6) is 5.75 Å². The molecule has 0 spiro atoms. The fourth-order valence-corrected chi connectivity index (χ4v) is 2.57. The summed E-state index contributed by atoms with van der Waals surface area (Å²) in [6.45, 7) is 0.816. The molecule has 0 radical (unpaired) electrons. The number of amides is 1. The summed E-state index contributed by atoms with van der Waals surface area (Å²) >= 11 is 11.7. The third-order valence-corrected chi connectivity index (χ3v) is 4.07. The smallest absolute Gasteiger partial charge is 0.344 e. The minimum absolute atomic E-state index is 0.249. The summed E-state index contributed by atoms with van der Waals surface area (Å²) in [6, 6.07) is 9.27. The number of rotatable bonds is 7. The average molecular weight is 426 g/mol. The lowest BCUT2D eigenvalue weighted by Crippen LogP contribution is -2.24. The standard InChI is InChI=1S/C19H17Cl2NO6/c1-11-3-4-12(19(25)26-2)7-15(11)22-17(23)9-28-18(24)10-27-16-6-5-13(20)8-14(16)21/h3-8H,9-10H2,1-2H3,(H,22,23). The number of hydrogen-bond acceptors (Lipinski definition) is 6. The van der Waals surface area contributed by atoms with Gasteiger partial charge < -0.3 is 19.5 Å². The van der Waals surface area contributed by atoms with Crippen molar-refractivity contribution in [3.05, 3.63) is 57.6 Å². The molecule has 2 aromatic rings. The minimum Gasteiger partial charge on any atom is -0.480 e. The van der Waals surface area contributed by atoms with Gasteiger partial charge in [0.05, 0.1) is 17.7 Å². The van der Waals surface area contributed by atoms with Gasteiger partial charge in [-0.2, -0.15) is 0 Å². The number of nitrogens with one attached hydrogen (secondary N) is 1. The number of carbonyl (C=O) groups excluding carboxylic acids is 3. The minimum atomic E-state index is -0.749. The van der Waals surface area contributed by atoms with E-state index >= 15 is 0 Å². The number of hydrogen-bond donors (Lipinski definition) is 1. The van der Waals surface area contributed by atoms with E-state index in [9.17, 15) is 14.4 Å². The Bertz CT molecular complexity index is 900. The monoisotopic (exact) mass is 425 g/mol. The second-order valence-electron chi connectivity index (χ2n) is 5.59. The van der Waals surface area contributed by atoms with E-state index in [2.05, 4.69) is 10.1 Å². The van der Waals surface area contributed by atoms with Gasteiger partial charge in [0.25, 0.3) is 5.91 Å². The molecule has 0 aliphatic heterocycles. The Balaban J connectivity index is 1.85. The second kappa shape index (κ2) is 9.96. The highest BCUT2D eigenvalue weighted by molar-refractivity contribution is 6.35. The van der Waals surface area contributed by atoms with E-state index in [0.29, 0.717) is 10.7 Å². The SMILES string of the molecule is COC(=O)c1ccc(C)c(NC(=O)COC(=O)COc2ccc(Cl)cc2Cl)c1. The second-order valence-corrected chi connectivity index (χ2v) is 6.44. The Kier molecular flexibility index (Phi) is 7.66. The zero-order valence-electron chi connectivity index (χ0n) is 15.1. The zero-order valence-corrected chi connectivity index (χ0v) is 16.6. The molecule has 0 heterocycles. The molecule has 0 aliphatic carbocycles. The molecule has 2 aromatic carbocycles. The molecule has 0 aromatic heterocycles. The van der Waals surface area contributed by atoms with E-state index in [1.54, 1.807) is 25.1 Å². The van der Waals surface area contributed by atoms with Crippen molar-refractivity contribution < 1.29 is 28.6 Å². The number of methoxy groups -OCH3 is 1. The summed E-state index contributed by atoms with van der Waals surface area (Å²) in [6.07, 6.45) is 0. The largest absolute Gasteiger partial charge is 0.480 e. The third kappa shape index (κ3) is 6.14. The summed E-state index contributed by atoms with van der Waals surface area (Å²) in [4.78, 5) is 35.3. The van der Waals surface area contributed by atoms with Crippen LogP contribution in [0, 0.1) is 6.92 Å². The fourth-order valence-electron chi connectivity index (χ4n) is 2.10. The molecule has 148 valence electrons. The van der Waals surface area contributed by atoms with E-state index in [-0.39, 0.29) is 16.3 Å². The number of benzene rings is 2. The highest BCUT2D eigenvalue weighted by atomic mass is 35.5. The van der Waals surface area contributed by atoms with Crippen LogP contribution in [0.4, 0.5) is 5.69 Å². The lowest BCUT2D eigenvalue weighted by atomic mass is 10.1. The summed E-state index contributed by atoms with van der Waals surface area (Å²) in [5.41, 5.74) is 1.43. The van der Waals surface area contributed by atoms with Gasteiger partial charge in [-0.25, -0.2) is 9.59 Å². The molecule has 7 nitrogen and oxygen atoms in total. The maximum atomic E-state index is 12.0. The molecular formula is C19H17Cl2NO6. The molecule has 9 heteroatoms. The van der Waals surface area contributed by atoms with Crippen LogP contribution < -0.4 is 10.1 Å². The molecule has 1 N–H and O–H groups in total. The number of carbonyl (C=O) groups is 3. The Hall–Kier alpha value is -2.77. The lowest BCUT2D eigenvalue weighted by molar-refractivity contribution is -0.149. The topological polar surface area (TPSA) is 90.9 Å². The van der Waals surface area contributed by atoms with Gasteiger partial charge in [0.15, 0.2) is 13.2 Å². The van der Waals surface area contributed by atoms with Crippen LogP contribution >= 0.6 is 23.2 Å². The first-order valence-corrected chi connectivity index (χ1v) is 8.78. The molecule has 0 unspecified atom stereocenters. The highest BCUT2D eigenvalue weighted by Crippen LogP contribution is 2.27. The normalized spacial score (nSPS) is 10.1. The maximum Gasteiger partial charge on any atom is 0.344 e. The summed E-state index contributed by atoms with van der Waals surface area (Å²) < 4.78 is 14.7. The van der Waals surface area contributed by atoms with Crippen molar-refractivity contribution in [2.45, 2.75) is 6.92 Å². The van der Waals surface area contributed by atoms with Gasteiger partial charge >= 0.3 is 11.9 Å². The fraction of sp³-hybridized carbons (Fsp3) is 0.211. The van der Waals surface area contributed by atoms with Gasteiger partial charge in [-0.3, -0.25) is 4.79 Å². The Morgan fingerprint density at radius 3 is 2.46 bits per heavy atom. The van der Waals surface area contributed by atoms with Gasteiger partial charge in [0.2, 0.25) is 0 Å². The van der Waals surface area contributed by atoms with Crippen LogP contribution in [-0.4, -0.2) is 38.2 Å². The lowest BCUT2D eigenvalue weighted by Gasteiger charge is -2.11. The van der Waals surface area contributed by atoms with E-state index in [0.717, 1.165) is 5.56 Å². The zero-order chi connectivity index (χ0) is 20.7. The van der Waals surface area contributed by atoms with Crippen LogP contribution in [0.2, 0.25) is 10.0 Å². The van der Waals surface area contributed by atoms with Gasteiger partial charge in [0.1, 0.15) is 5.75 Å². The molecule has 1 amide bonds. The number of aryl methyl sites for hydroxylation is 1. The Labute approximate surface area is 171 Å². The number of esters is 2. The van der Waals surface area contributed by atoms with Crippen LogP contribution in [0.25, 0.3) is 0 Å². The average Bonchev–Trinajstić information content (AvgIpc) is 2.66. The molecule has 0 atom stereocenters. The Morgan fingerprint density at radius 2 is 1.79 bits per heavy atom. The molecule has 0 saturated heterocycles. The van der Waals surface area contributed by atoms with Gasteiger partial charge in [-0.05, 0) is 42.8 Å². The van der Waals surface area contributed by atoms with Crippen molar-refractivity contribution in [3.8, 4) is 5.75 Å². The molecule has 0 bridgehead atoms. The first-order valence-electron chi connectivity index (χ1n) is 8.02. The van der Waals surface area contributed by atoms with Crippen LogP contribution in [0.3, 0.4) is 0 Å². The molecule has 0 fully saturated rings. The van der Waals surface area contributed by atoms with E-state index < -0.39 is 31.1 Å². The first kappa shape index (κ1) is 21.5. The number of anilines is 1. The van der Waals surface area contributed by atoms with Crippen molar-refractivity contribution in [2.24, 2.45) is 0 Å². The van der Waals surface area contributed by atoms with Crippen LogP contribution in [-0.2, 0) is 19.1 Å². The molecule has 0 aliphatic rings. The number of ether oxygens (including phenoxy) is 3. The van der Waals surface area contributed by atoms with Crippen molar-refractivity contribution in [2.75, 3.05) is 25.6 Å². The molecule has 2 rings (SSSR count). The van der Waals surface area contributed by atoms with Gasteiger partial charge in [-0.1, -0.05) is 29.3 Å². The quantitative estimate of drug-likeness (QED) is 0.680. The van der Waals surface area contributed by atoms with Gasteiger partial charge in [0, 0.05) is 10.7 Å². The maximum absolute atomic E-state index is 12.0. The summed E-state index contributed by atoms with van der Waals surface area (Å²) in [5, 5.41) is 3.26. The first-order chi connectivity index (χ1) is 13.3. The predicted octanol–water partition coefficient (Wildman–Crippen LogP) is 3.65.